The number of aryl methyl sites for hydroxylation is 1. The summed E-state index contributed by atoms with van der Waals surface area (Å²) in [7, 11) is 1.71. The van der Waals surface area contributed by atoms with E-state index in [0.29, 0.717) is 6.04 Å². The van der Waals surface area contributed by atoms with Crippen LogP contribution in [0.4, 0.5) is 5.69 Å². The molecule has 0 saturated heterocycles. The van der Waals surface area contributed by atoms with Crippen molar-refractivity contribution in [3.63, 3.8) is 0 Å². The average molecular weight is 239 g/mol. The molecule has 1 aliphatic rings. The predicted molar refractivity (Wildman–Crippen MR) is 74.1 cm³/mol. The Morgan fingerprint density at radius 2 is 1.94 bits per heavy atom. The van der Waals surface area contributed by atoms with E-state index < -0.39 is 0 Å². The van der Waals surface area contributed by atoms with Crippen molar-refractivity contribution in [2.75, 3.05) is 12.4 Å². The highest BCUT2D eigenvalue weighted by Crippen LogP contribution is 2.34. The van der Waals surface area contributed by atoms with E-state index in [0.717, 1.165) is 18.6 Å². The molecule has 0 aromatic heterocycles. The number of fused-ring (bicyclic) bond motifs is 1. The van der Waals surface area contributed by atoms with Crippen LogP contribution in [0.5, 0.6) is 5.75 Å². The Labute approximate surface area is 108 Å². The number of nitrogens with one attached hydrogen (secondary N) is 1. The van der Waals surface area contributed by atoms with Crippen molar-refractivity contribution in [1.29, 1.82) is 0 Å². The van der Waals surface area contributed by atoms with Gasteiger partial charge in [0.25, 0.3) is 0 Å². The van der Waals surface area contributed by atoms with Gasteiger partial charge in [0.1, 0.15) is 5.75 Å². The molecule has 2 aromatic rings. The Kier molecular flexibility index (Phi) is 2.93. The molecule has 1 N–H and O–H groups in total. The third-order valence-corrected chi connectivity index (χ3v) is 3.55. The molecular weight excluding hydrogens is 222 g/mol. The Hall–Kier alpha value is -1.96. The molecule has 92 valence electrons. The molecule has 1 atom stereocenters. The first-order chi connectivity index (χ1) is 8.86. The molecule has 0 radical (unpaired) electrons. The Morgan fingerprint density at radius 3 is 2.72 bits per heavy atom. The van der Waals surface area contributed by atoms with Crippen LogP contribution in [0.3, 0.4) is 0 Å². The molecule has 3 rings (SSSR count). The Bertz CT molecular complexity index is 536. The van der Waals surface area contributed by atoms with Crippen LogP contribution < -0.4 is 10.1 Å². The Balaban J connectivity index is 1.88. The van der Waals surface area contributed by atoms with Crippen LogP contribution in [-0.4, -0.2) is 7.11 Å². The standard InChI is InChI=1S/C16H17NO/c1-18-14-9-7-13-8-10-15(17-16(13)11-14)12-5-3-2-4-6-12/h2-7,9,11,15,17H,8,10H2,1H3. The second-order valence-corrected chi connectivity index (χ2v) is 4.67. The minimum absolute atomic E-state index is 0.408. The molecule has 2 nitrogen and oxygen atoms in total. The van der Waals surface area contributed by atoms with Crippen LogP contribution in [0.2, 0.25) is 0 Å². The number of methoxy groups -OCH3 is 1. The molecule has 0 fully saturated rings. The normalized spacial score (nSPS) is 17.7. The molecule has 2 aromatic carbocycles. The number of benzene rings is 2. The van der Waals surface area contributed by atoms with E-state index in [1.165, 1.54) is 16.8 Å². The third kappa shape index (κ3) is 2.06. The minimum atomic E-state index is 0.408. The molecular formula is C16H17NO. The molecule has 1 unspecified atom stereocenters. The van der Waals surface area contributed by atoms with Gasteiger partial charge in [0, 0.05) is 11.8 Å². The van der Waals surface area contributed by atoms with Gasteiger partial charge in [0.15, 0.2) is 0 Å². The number of hydrogen-bond donors (Lipinski definition) is 1. The number of anilines is 1. The van der Waals surface area contributed by atoms with Gasteiger partial charge in [-0.25, -0.2) is 0 Å². The first-order valence-corrected chi connectivity index (χ1v) is 6.35. The topological polar surface area (TPSA) is 21.3 Å². The molecule has 18 heavy (non-hydrogen) atoms. The highest BCUT2D eigenvalue weighted by molar-refractivity contribution is 5.58. The zero-order chi connectivity index (χ0) is 12.4. The smallest absolute Gasteiger partial charge is 0.120 e. The zero-order valence-corrected chi connectivity index (χ0v) is 10.5. The summed E-state index contributed by atoms with van der Waals surface area (Å²) >= 11 is 0. The molecule has 0 saturated carbocycles. The maximum absolute atomic E-state index is 5.28. The van der Waals surface area contributed by atoms with Crippen LogP contribution in [-0.2, 0) is 6.42 Å². The van der Waals surface area contributed by atoms with E-state index in [2.05, 4.69) is 47.8 Å². The SMILES string of the molecule is COc1ccc2c(c1)NC(c1ccccc1)CC2. The Morgan fingerprint density at radius 1 is 1.11 bits per heavy atom. The lowest BCUT2D eigenvalue weighted by molar-refractivity contribution is 0.414. The number of rotatable bonds is 2. The van der Waals surface area contributed by atoms with Crippen molar-refractivity contribution >= 4 is 5.69 Å². The van der Waals surface area contributed by atoms with Crippen molar-refractivity contribution in [3.8, 4) is 5.75 Å². The van der Waals surface area contributed by atoms with Crippen molar-refractivity contribution < 1.29 is 4.74 Å². The predicted octanol–water partition coefficient (Wildman–Crippen LogP) is 3.79. The van der Waals surface area contributed by atoms with E-state index in [1.807, 2.05) is 6.07 Å². The van der Waals surface area contributed by atoms with E-state index in [1.54, 1.807) is 7.11 Å². The summed E-state index contributed by atoms with van der Waals surface area (Å²) in [5.74, 6) is 0.912. The van der Waals surface area contributed by atoms with Gasteiger partial charge in [-0.05, 0) is 30.0 Å². The highest BCUT2D eigenvalue weighted by atomic mass is 16.5. The summed E-state index contributed by atoms with van der Waals surface area (Å²) < 4.78 is 5.28. The summed E-state index contributed by atoms with van der Waals surface area (Å²) in [5.41, 5.74) is 3.93. The van der Waals surface area contributed by atoms with Crippen LogP contribution >= 0.6 is 0 Å². The maximum Gasteiger partial charge on any atom is 0.120 e. The summed E-state index contributed by atoms with van der Waals surface area (Å²) in [6.07, 6.45) is 2.26. The molecule has 1 heterocycles. The first-order valence-electron chi connectivity index (χ1n) is 6.35. The monoisotopic (exact) mass is 239 g/mol. The van der Waals surface area contributed by atoms with Gasteiger partial charge in [-0.2, -0.15) is 0 Å². The van der Waals surface area contributed by atoms with Crippen LogP contribution in [0.15, 0.2) is 48.5 Å². The third-order valence-electron chi connectivity index (χ3n) is 3.55. The van der Waals surface area contributed by atoms with Gasteiger partial charge >= 0.3 is 0 Å². The highest BCUT2D eigenvalue weighted by Gasteiger charge is 2.19. The second-order valence-electron chi connectivity index (χ2n) is 4.67. The number of ether oxygens (including phenoxy) is 1. The zero-order valence-electron chi connectivity index (χ0n) is 10.5. The second kappa shape index (κ2) is 4.73. The van der Waals surface area contributed by atoms with Gasteiger partial charge < -0.3 is 10.1 Å². The fraction of sp³-hybridized carbons (Fsp3) is 0.250. The fourth-order valence-electron chi connectivity index (χ4n) is 2.53. The molecule has 0 amide bonds. The van der Waals surface area contributed by atoms with Crippen molar-refractivity contribution in [2.45, 2.75) is 18.9 Å². The van der Waals surface area contributed by atoms with Gasteiger partial charge in [-0.3, -0.25) is 0 Å². The van der Waals surface area contributed by atoms with Crippen LogP contribution in [0, 0.1) is 0 Å². The maximum atomic E-state index is 5.28. The first kappa shape index (κ1) is 11.1. The lowest BCUT2D eigenvalue weighted by Gasteiger charge is -2.27. The summed E-state index contributed by atoms with van der Waals surface area (Å²) in [5, 5.41) is 3.61. The lowest BCUT2D eigenvalue weighted by atomic mass is 9.93. The van der Waals surface area contributed by atoms with Gasteiger partial charge in [0.05, 0.1) is 13.2 Å². The van der Waals surface area contributed by atoms with Crippen molar-refractivity contribution in [2.24, 2.45) is 0 Å². The molecule has 0 aliphatic carbocycles. The summed E-state index contributed by atoms with van der Waals surface area (Å²) in [6, 6.07) is 17.3. The van der Waals surface area contributed by atoms with E-state index in [9.17, 15) is 0 Å². The van der Waals surface area contributed by atoms with Gasteiger partial charge in [-0.1, -0.05) is 36.4 Å². The van der Waals surface area contributed by atoms with Crippen LogP contribution in [0.25, 0.3) is 0 Å². The van der Waals surface area contributed by atoms with Gasteiger partial charge in [-0.15, -0.1) is 0 Å². The lowest BCUT2D eigenvalue weighted by Crippen LogP contribution is -2.17. The molecule has 0 bridgehead atoms. The van der Waals surface area contributed by atoms with Crippen LogP contribution in [0.1, 0.15) is 23.6 Å². The van der Waals surface area contributed by atoms with Crippen molar-refractivity contribution in [1.82, 2.24) is 0 Å². The fourth-order valence-corrected chi connectivity index (χ4v) is 2.53. The molecule has 0 spiro atoms. The largest absolute Gasteiger partial charge is 0.497 e. The molecule has 2 heteroatoms. The quantitative estimate of drug-likeness (QED) is 0.860. The summed E-state index contributed by atoms with van der Waals surface area (Å²) in [6.45, 7) is 0. The van der Waals surface area contributed by atoms with Gasteiger partial charge in [0.2, 0.25) is 0 Å². The van der Waals surface area contributed by atoms with E-state index in [4.69, 9.17) is 4.74 Å². The summed E-state index contributed by atoms with van der Waals surface area (Å²) in [4.78, 5) is 0. The molecule has 1 aliphatic heterocycles. The van der Waals surface area contributed by atoms with E-state index >= 15 is 0 Å². The van der Waals surface area contributed by atoms with E-state index in [-0.39, 0.29) is 0 Å². The minimum Gasteiger partial charge on any atom is -0.497 e. The number of hydrogen-bond acceptors (Lipinski definition) is 2. The average Bonchev–Trinajstić information content (AvgIpc) is 2.47. The van der Waals surface area contributed by atoms with Crippen molar-refractivity contribution in [3.05, 3.63) is 59.7 Å².